The second kappa shape index (κ2) is 4.50. The Morgan fingerprint density at radius 1 is 1.65 bits per heavy atom. The van der Waals surface area contributed by atoms with E-state index in [-0.39, 0.29) is 18.1 Å². The van der Waals surface area contributed by atoms with Gasteiger partial charge < -0.3 is 10.5 Å². The monoisotopic (exact) mass is 255 g/mol. The van der Waals surface area contributed by atoms with Crippen LogP contribution in [0.3, 0.4) is 0 Å². The zero-order valence-electron chi connectivity index (χ0n) is 9.50. The van der Waals surface area contributed by atoms with Crippen LogP contribution in [0.15, 0.2) is 12.1 Å². The summed E-state index contributed by atoms with van der Waals surface area (Å²) < 4.78 is 4.58. The van der Waals surface area contributed by atoms with Gasteiger partial charge in [0.25, 0.3) is 0 Å². The van der Waals surface area contributed by atoms with Gasteiger partial charge in [0.2, 0.25) is 0 Å². The van der Waals surface area contributed by atoms with Gasteiger partial charge in [-0.25, -0.2) is 4.98 Å². The number of pyridine rings is 1. The van der Waals surface area contributed by atoms with Crippen LogP contribution in [-0.2, 0) is 15.1 Å². The van der Waals surface area contributed by atoms with Crippen molar-refractivity contribution < 1.29 is 9.53 Å². The summed E-state index contributed by atoms with van der Waals surface area (Å²) in [5.74, 6) is -0.308. The van der Waals surface area contributed by atoms with E-state index in [4.69, 9.17) is 17.3 Å². The van der Waals surface area contributed by atoms with Crippen molar-refractivity contribution in [3.8, 4) is 0 Å². The van der Waals surface area contributed by atoms with Gasteiger partial charge in [-0.3, -0.25) is 10.1 Å². The van der Waals surface area contributed by atoms with Crippen molar-refractivity contribution in [2.75, 3.05) is 19.4 Å². The van der Waals surface area contributed by atoms with Gasteiger partial charge in [0.1, 0.15) is 5.15 Å². The molecule has 0 bridgehead atoms. The van der Waals surface area contributed by atoms with Crippen molar-refractivity contribution in [2.24, 2.45) is 0 Å². The highest BCUT2D eigenvalue weighted by molar-refractivity contribution is 6.29. The molecule has 0 saturated heterocycles. The summed E-state index contributed by atoms with van der Waals surface area (Å²) in [6.07, 6.45) is 1.78. The first-order valence-corrected chi connectivity index (χ1v) is 5.69. The fourth-order valence-electron chi connectivity index (χ4n) is 1.77. The van der Waals surface area contributed by atoms with Gasteiger partial charge in [0.15, 0.2) is 0 Å². The molecule has 3 N–H and O–H groups in total. The lowest BCUT2D eigenvalue weighted by Gasteiger charge is -2.18. The zero-order chi connectivity index (χ0) is 12.5. The molecular weight excluding hydrogens is 242 g/mol. The minimum atomic E-state index is -0.316. The number of aromatic nitrogens is 1. The number of halogens is 1. The number of nitrogen functional groups attached to an aromatic ring is 1. The quantitative estimate of drug-likeness (QED) is 0.622. The number of rotatable bonds is 4. The maximum absolute atomic E-state index is 11.1. The molecule has 0 aliphatic heterocycles. The normalized spacial score (nSPS) is 16.6. The zero-order valence-corrected chi connectivity index (χ0v) is 10.3. The topological polar surface area (TPSA) is 77.2 Å². The molecule has 0 radical (unpaired) electrons. The van der Waals surface area contributed by atoms with Gasteiger partial charge >= 0.3 is 5.97 Å². The number of hydrogen-bond acceptors (Lipinski definition) is 5. The minimum absolute atomic E-state index is 0.143. The third kappa shape index (κ3) is 2.50. The maximum atomic E-state index is 11.1. The molecule has 1 aliphatic carbocycles. The molecule has 1 aromatic rings. The van der Waals surface area contributed by atoms with E-state index in [1.165, 1.54) is 7.11 Å². The summed E-state index contributed by atoms with van der Waals surface area (Å²) in [6.45, 7) is 0.143. The van der Waals surface area contributed by atoms with Crippen molar-refractivity contribution >= 4 is 23.3 Å². The Morgan fingerprint density at radius 2 is 2.35 bits per heavy atom. The second-order valence-electron chi connectivity index (χ2n) is 4.08. The largest absolute Gasteiger partial charge is 0.468 e. The molecule has 0 aromatic carbocycles. The summed E-state index contributed by atoms with van der Waals surface area (Å²) in [5.41, 5.74) is 6.86. The average Bonchev–Trinajstić information content (AvgIpc) is 3.10. The highest BCUT2D eigenvalue weighted by Crippen LogP contribution is 2.46. The van der Waals surface area contributed by atoms with Gasteiger partial charge in [-0.05, 0) is 25.0 Å². The summed E-state index contributed by atoms with van der Waals surface area (Å²) >= 11 is 5.85. The van der Waals surface area contributed by atoms with E-state index < -0.39 is 0 Å². The van der Waals surface area contributed by atoms with Crippen LogP contribution >= 0.6 is 11.6 Å². The second-order valence-corrected chi connectivity index (χ2v) is 4.47. The van der Waals surface area contributed by atoms with Gasteiger partial charge in [-0.1, -0.05) is 11.6 Å². The number of carbonyl (C=O) groups is 1. The number of nitrogens with two attached hydrogens (primary N) is 1. The fraction of sp³-hybridized carbons (Fsp3) is 0.455. The lowest BCUT2D eigenvalue weighted by atomic mass is 10.1. The van der Waals surface area contributed by atoms with Gasteiger partial charge in [0, 0.05) is 0 Å². The Labute approximate surface area is 104 Å². The molecule has 2 rings (SSSR count). The third-order valence-corrected chi connectivity index (χ3v) is 3.11. The molecule has 0 atom stereocenters. The predicted molar refractivity (Wildman–Crippen MR) is 64.6 cm³/mol. The van der Waals surface area contributed by atoms with Gasteiger partial charge in [-0.2, -0.15) is 0 Å². The van der Waals surface area contributed by atoms with Crippen LogP contribution in [-0.4, -0.2) is 24.6 Å². The van der Waals surface area contributed by atoms with E-state index in [0.717, 1.165) is 12.8 Å². The summed E-state index contributed by atoms with van der Waals surface area (Å²) in [5, 5.41) is 3.53. The Hall–Kier alpha value is -1.33. The molecular formula is C11H14ClN3O2. The highest BCUT2D eigenvalue weighted by atomic mass is 35.5. The Kier molecular flexibility index (Phi) is 3.22. The van der Waals surface area contributed by atoms with Gasteiger partial charge in [-0.15, -0.1) is 0 Å². The molecule has 17 heavy (non-hydrogen) atoms. The summed E-state index contributed by atoms with van der Waals surface area (Å²) in [7, 11) is 1.36. The number of hydrogen-bond donors (Lipinski definition) is 2. The van der Waals surface area contributed by atoms with Crippen LogP contribution in [0.2, 0.25) is 5.15 Å². The Bertz CT molecular complexity index is 446. The van der Waals surface area contributed by atoms with Crippen molar-refractivity contribution in [3.63, 3.8) is 0 Å². The number of esters is 1. The van der Waals surface area contributed by atoms with Crippen LogP contribution in [0.25, 0.3) is 0 Å². The first-order valence-electron chi connectivity index (χ1n) is 5.32. The first kappa shape index (κ1) is 12.1. The van der Waals surface area contributed by atoms with E-state index in [9.17, 15) is 4.79 Å². The summed E-state index contributed by atoms with van der Waals surface area (Å²) in [4.78, 5) is 15.3. The molecule has 0 unspecified atom stereocenters. The molecule has 92 valence electrons. The molecule has 1 aromatic heterocycles. The number of carbonyl (C=O) groups excluding carboxylic acids is 1. The number of anilines is 1. The molecule has 6 heteroatoms. The predicted octanol–water partition coefficient (Wildman–Crippen LogP) is 1.07. The van der Waals surface area contributed by atoms with Crippen LogP contribution in [0, 0.1) is 0 Å². The minimum Gasteiger partial charge on any atom is -0.468 e. The van der Waals surface area contributed by atoms with E-state index in [1.54, 1.807) is 12.1 Å². The molecule has 0 spiro atoms. The average molecular weight is 256 g/mol. The standard InChI is InChI=1S/C11H14ClN3O2/c1-17-9(16)6-14-11(4-5-11)10-7(13)2-3-8(12)15-10/h2-3,14H,4-6,13H2,1H3. The van der Waals surface area contributed by atoms with Crippen molar-refractivity contribution in [2.45, 2.75) is 18.4 Å². The smallest absolute Gasteiger partial charge is 0.319 e. The lowest BCUT2D eigenvalue weighted by Crippen LogP contribution is -2.35. The maximum Gasteiger partial charge on any atom is 0.319 e. The van der Waals surface area contributed by atoms with E-state index >= 15 is 0 Å². The number of methoxy groups -OCH3 is 1. The van der Waals surface area contributed by atoms with E-state index in [0.29, 0.717) is 16.5 Å². The Balaban J connectivity index is 2.15. The van der Waals surface area contributed by atoms with Crippen LogP contribution in [0.4, 0.5) is 5.69 Å². The fourth-order valence-corrected chi connectivity index (χ4v) is 1.91. The molecule has 5 nitrogen and oxygen atoms in total. The van der Waals surface area contributed by atoms with Crippen LogP contribution in [0.1, 0.15) is 18.5 Å². The van der Waals surface area contributed by atoms with Crippen LogP contribution < -0.4 is 11.1 Å². The number of nitrogens with one attached hydrogen (secondary N) is 1. The molecule has 1 fully saturated rings. The summed E-state index contributed by atoms with van der Waals surface area (Å²) in [6, 6.07) is 3.38. The first-order chi connectivity index (χ1) is 8.07. The van der Waals surface area contributed by atoms with E-state index in [2.05, 4.69) is 15.0 Å². The van der Waals surface area contributed by atoms with Crippen molar-refractivity contribution in [3.05, 3.63) is 23.0 Å². The SMILES string of the molecule is COC(=O)CNC1(c2nc(Cl)ccc2N)CC1. The van der Waals surface area contributed by atoms with Gasteiger partial charge in [0.05, 0.1) is 30.6 Å². The van der Waals surface area contributed by atoms with Crippen LogP contribution in [0.5, 0.6) is 0 Å². The molecule has 1 heterocycles. The van der Waals surface area contributed by atoms with Crippen molar-refractivity contribution in [1.29, 1.82) is 0 Å². The highest BCUT2D eigenvalue weighted by Gasteiger charge is 2.47. The molecule has 0 amide bonds. The lowest BCUT2D eigenvalue weighted by molar-refractivity contribution is -0.139. The van der Waals surface area contributed by atoms with Crippen molar-refractivity contribution in [1.82, 2.24) is 10.3 Å². The Morgan fingerprint density at radius 3 is 2.94 bits per heavy atom. The van der Waals surface area contributed by atoms with E-state index in [1.807, 2.05) is 0 Å². The number of ether oxygens (including phenoxy) is 1. The molecule has 1 saturated carbocycles. The number of nitrogens with zero attached hydrogens (tertiary/aromatic N) is 1. The third-order valence-electron chi connectivity index (χ3n) is 2.89. The molecule has 1 aliphatic rings.